The third kappa shape index (κ3) is 4.24. The van der Waals surface area contributed by atoms with Crippen LogP contribution in [0.15, 0.2) is 5.38 Å². The molecule has 2 fully saturated rings. The monoisotopic (exact) mass is 381 g/mol. The number of likely N-dealkylation sites (tertiary alicyclic amines) is 1. The fourth-order valence-electron chi connectivity index (χ4n) is 3.95. The maximum atomic E-state index is 12.5. The van der Waals surface area contributed by atoms with Gasteiger partial charge in [-0.3, -0.25) is 9.59 Å². The van der Waals surface area contributed by atoms with Gasteiger partial charge in [0.05, 0.1) is 41.0 Å². The van der Waals surface area contributed by atoms with Gasteiger partial charge in [-0.15, -0.1) is 11.3 Å². The minimum absolute atomic E-state index is 0.0869. The van der Waals surface area contributed by atoms with Gasteiger partial charge < -0.3 is 20.1 Å². The van der Waals surface area contributed by atoms with Crippen molar-refractivity contribution in [2.24, 2.45) is 0 Å². The van der Waals surface area contributed by atoms with E-state index in [2.05, 4.69) is 10.3 Å². The van der Waals surface area contributed by atoms with Crippen molar-refractivity contribution >= 4 is 23.2 Å². The number of nitrogens with one attached hydrogen (secondary N) is 1. The number of ether oxygens (including phenoxy) is 1. The van der Waals surface area contributed by atoms with Gasteiger partial charge in [-0.05, 0) is 26.7 Å². The van der Waals surface area contributed by atoms with E-state index in [-0.39, 0.29) is 11.8 Å². The van der Waals surface area contributed by atoms with Crippen LogP contribution in [-0.2, 0) is 20.7 Å². The van der Waals surface area contributed by atoms with E-state index in [0.717, 1.165) is 10.7 Å². The average molecular weight is 381 g/mol. The molecule has 0 bridgehead atoms. The summed E-state index contributed by atoms with van der Waals surface area (Å²) < 4.78 is 6.08. The van der Waals surface area contributed by atoms with Gasteiger partial charge in [0.25, 0.3) is 0 Å². The van der Waals surface area contributed by atoms with E-state index in [1.54, 1.807) is 18.3 Å². The lowest BCUT2D eigenvalue weighted by atomic mass is 9.75. The molecule has 1 aromatic rings. The van der Waals surface area contributed by atoms with Gasteiger partial charge in [-0.1, -0.05) is 0 Å². The lowest BCUT2D eigenvalue weighted by Crippen LogP contribution is -2.64. The molecule has 3 rings (SSSR count). The number of thiazole rings is 1. The van der Waals surface area contributed by atoms with Crippen LogP contribution in [0.2, 0.25) is 0 Å². The standard InChI is InChI=1S/C18H27N3O4S/c1-12(22)19-15-9-25-18(11-17(15,3)24)4-6-21(7-5-18)16(23)8-14-10-26-13(2)20-14/h10,15,24H,4-9,11H2,1-3H3,(H,19,22)/t15-,17-/m0/s1. The SMILES string of the molecule is CC(=O)N[C@H]1COC2(CCN(C(=O)Cc3csc(C)n3)CC2)C[C@]1(C)O. The summed E-state index contributed by atoms with van der Waals surface area (Å²) in [5, 5.41) is 16.5. The van der Waals surface area contributed by atoms with Crippen LogP contribution in [0.4, 0.5) is 0 Å². The summed E-state index contributed by atoms with van der Waals surface area (Å²) in [6.07, 6.45) is 2.17. The summed E-state index contributed by atoms with van der Waals surface area (Å²) in [6.45, 7) is 6.64. The van der Waals surface area contributed by atoms with Gasteiger partial charge in [-0.25, -0.2) is 4.98 Å². The normalized spacial score (nSPS) is 28.2. The van der Waals surface area contributed by atoms with Crippen LogP contribution in [0.25, 0.3) is 0 Å². The van der Waals surface area contributed by atoms with Crippen LogP contribution in [0.5, 0.6) is 0 Å². The largest absolute Gasteiger partial charge is 0.388 e. The molecule has 2 N–H and O–H groups in total. The fourth-order valence-corrected chi connectivity index (χ4v) is 4.56. The molecule has 7 nitrogen and oxygen atoms in total. The van der Waals surface area contributed by atoms with Crippen LogP contribution in [0.1, 0.15) is 43.8 Å². The van der Waals surface area contributed by atoms with Gasteiger partial charge in [-0.2, -0.15) is 0 Å². The number of nitrogens with zero attached hydrogens (tertiary/aromatic N) is 2. The van der Waals surface area contributed by atoms with Gasteiger partial charge in [0.15, 0.2) is 0 Å². The Morgan fingerprint density at radius 1 is 1.46 bits per heavy atom. The highest BCUT2D eigenvalue weighted by Gasteiger charge is 2.49. The van der Waals surface area contributed by atoms with Crippen molar-refractivity contribution in [2.75, 3.05) is 19.7 Å². The van der Waals surface area contributed by atoms with Gasteiger partial charge >= 0.3 is 0 Å². The van der Waals surface area contributed by atoms with E-state index < -0.39 is 17.2 Å². The second-order valence-electron chi connectivity index (χ2n) is 7.70. The third-order valence-electron chi connectivity index (χ3n) is 5.39. The Hall–Kier alpha value is -1.51. The number of aryl methyl sites for hydroxylation is 1. The zero-order chi connectivity index (χ0) is 18.9. The van der Waals surface area contributed by atoms with Gasteiger partial charge in [0, 0.05) is 31.8 Å². The molecule has 0 radical (unpaired) electrons. The number of hydrogen-bond acceptors (Lipinski definition) is 6. The zero-order valence-electron chi connectivity index (χ0n) is 15.6. The number of aliphatic hydroxyl groups is 1. The summed E-state index contributed by atoms with van der Waals surface area (Å²) >= 11 is 1.56. The van der Waals surface area contributed by atoms with Gasteiger partial charge in [0.1, 0.15) is 0 Å². The van der Waals surface area contributed by atoms with Crippen molar-refractivity contribution in [3.8, 4) is 0 Å². The van der Waals surface area contributed by atoms with Crippen molar-refractivity contribution in [1.82, 2.24) is 15.2 Å². The van der Waals surface area contributed by atoms with E-state index in [4.69, 9.17) is 4.74 Å². The molecule has 2 aliphatic rings. The molecule has 3 heterocycles. The first-order chi connectivity index (χ1) is 12.2. The van der Waals surface area contributed by atoms with Crippen molar-refractivity contribution < 1.29 is 19.4 Å². The smallest absolute Gasteiger partial charge is 0.228 e. The number of carbonyl (C=O) groups excluding carboxylic acids is 2. The Bertz CT molecular complexity index is 680. The molecule has 0 aliphatic carbocycles. The summed E-state index contributed by atoms with van der Waals surface area (Å²) in [5.74, 6) is -0.0867. The predicted molar refractivity (Wildman–Crippen MR) is 97.9 cm³/mol. The molecule has 2 atom stereocenters. The molecular formula is C18H27N3O4S. The van der Waals surface area contributed by atoms with Crippen molar-refractivity contribution in [2.45, 2.75) is 63.7 Å². The molecule has 1 spiro atoms. The number of carbonyl (C=O) groups is 2. The predicted octanol–water partition coefficient (Wildman–Crippen LogP) is 1.03. The van der Waals surface area contributed by atoms with Crippen LogP contribution in [0, 0.1) is 6.92 Å². The first-order valence-electron chi connectivity index (χ1n) is 9.01. The molecule has 0 saturated carbocycles. The maximum absolute atomic E-state index is 12.5. The van der Waals surface area contributed by atoms with Crippen LogP contribution < -0.4 is 5.32 Å². The number of hydrogen-bond donors (Lipinski definition) is 2. The second-order valence-corrected chi connectivity index (χ2v) is 8.76. The molecular weight excluding hydrogens is 354 g/mol. The Kier molecular flexibility index (Phi) is 5.37. The summed E-state index contributed by atoms with van der Waals surface area (Å²) in [7, 11) is 0. The quantitative estimate of drug-likeness (QED) is 0.816. The Morgan fingerprint density at radius 2 is 2.15 bits per heavy atom. The molecule has 2 saturated heterocycles. The summed E-state index contributed by atoms with van der Waals surface area (Å²) in [4.78, 5) is 30.0. The number of aromatic nitrogens is 1. The summed E-state index contributed by atoms with van der Waals surface area (Å²) in [5.41, 5.74) is -0.617. The minimum Gasteiger partial charge on any atom is -0.388 e. The zero-order valence-corrected chi connectivity index (χ0v) is 16.4. The molecule has 0 unspecified atom stereocenters. The Morgan fingerprint density at radius 3 is 2.69 bits per heavy atom. The lowest BCUT2D eigenvalue weighted by Gasteiger charge is -2.51. The number of rotatable bonds is 3. The average Bonchev–Trinajstić information content (AvgIpc) is 2.95. The highest BCUT2D eigenvalue weighted by atomic mass is 32.1. The molecule has 2 aliphatic heterocycles. The van der Waals surface area contributed by atoms with Gasteiger partial charge in [0.2, 0.25) is 11.8 Å². The topological polar surface area (TPSA) is 91.8 Å². The van der Waals surface area contributed by atoms with E-state index in [9.17, 15) is 14.7 Å². The number of piperidine rings is 1. The van der Waals surface area contributed by atoms with E-state index >= 15 is 0 Å². The molecule has 1 aromatic heterocycles. The molecule has 26 heavy (non-hydrogen) atoms. The highest BCUT2D eigenvalue weighted by Crippen LogP contribution is 2.39. The Labute approximate surface area is 157 Å². The van der Waals surface area contributed by atoms with Crippen molar-refractivity contribution in [3.05, 3.63) is 16.1 Å². The number of amides is 2. The van der Waals surface area contributed by atoms with Crippen molar-refractivity contribution in [1.29, 1.82) is 0 Å². The molecule has 0 aromatic carbocycles. The van der Waals surface area contributed by atoms with E-state index in [1.165, 1.54) is 6.92 Å². The third-order valence-corrected chi connectivity index (χ3v) is 6.21. The first kappa shape index (κ1) is 19.3. The van der Waals surface area contributed by atoms with Crippen LogP contribution in [-0.4, -0.2) is 63.7 Å². The maximum Gasteiger partial charge on any atom is 0.228 e. The second kappa shape index (κ2) is 7.25. The van der Waals surface area contributed by atoms with Crippen LogP contribution in [0.3, 0.4) is 0 Å². The minimum atomic E-state index is -1.02. The summed E-state index contributed by atoms with van der Waals surface area (Å²) in [6, 6.07) is -0.404. The Balaban J connectivity index is 1.56. The van der Waals surface area contributed by atoms with E-state index in [1.807, 2.05) is 17.2 Å². The molecule has 2 amide bonds. The highest BCUT2D eigenvalue weighted by molar-refractivity contribution is 7.09. The molecule has 8 heteroatoms. The van der Waals surface area contributed by atoms with E-state index in [0.29, 0.717) is 45.4 Å². The van der Waals surface area contributed by atoms with Crippen molar-refractivity contribution in [3.63, 3.8) is 0 Å². The molecule has 144 valence electrons. The first-order valence-corrected chi connectivity index (χ1v) is 9.89. The fraction of sp³-hybridized carbons (Fsp3) is 0.722. The lowest BCUT2D eigenvalue weighted by molar-refractivity contribution is -0.190. The van der Waals surface area contributed by atoms with Crippen LogP contribution >= 0.6 is 11.3 Å².